The van der Waals surface area contributed by atoms with Crippen molar-refractivity contribution in [2.24, 2.45) is 5.73 Å². The van der Waals surface area contributed by atoms with Crippen LogP contribution in [-0.4, -0.2) is 19.6 Å². The molecule has 0 saturated heterocycles. The van der Waals surface area contributed by atoms with Crippen molar-refractivity contribution in [2.75, 3.05) is 0 Å². The number of rotatable bonds is 3. The van der Waals surface area contributed by atoms with Crippen LogP contribution in [0.1, 0.15) is 23.0 Å². The molecule has 0 bridgehead atoms. The molecule has 5 nitrogen and oxygen atoms in total. The number of imidazole rings is 1. The van der Waals surface area contributed by atoms with Gasteiger partial charge in [-0.2, -0.15) is 5.10 Å². The molecule has 1 atom stereocenters. The van der Waals surface area contributed by atoms with Gasteiger partial charge in [0.1, 0.15) is 5.69 Å². The van der Waals surface area contributed by atoms with Crippen LogP contribution < -0.4 is 5.73 Å². The third-order valence-corrected chi connectivity index (χ3v) is 4.76. The highest BCUT2D eigenvalue weighted by Crippen LogP contribution is 2.27. The van der Waals surface area contributed by atoms with E-state index in [4.69, 9.17) is 10.8 Å². The number of hydrogen-bond donors (Lipinski definition) is 1. The van der Waals surface area contributed by atoms with Gasteiger partial charge in [0.05, 0.1) is 28.5 Å². The Labute approximate surface area is 137 Å². The van der Waals surface area contributed by atoms with E-state index < -0.39 is 0 Å². The van der Waals surface area contributed by atoms with Crippen LogP contribution in [0.4, 0.5) is 0 Å². The van der Waals surface area contributed by atoms with E-state index in [0.717, 1.165) is 27.6 Å². The lowest BCUT2D eigenvalue weighted by Gasteiger charge is -2.11. The van der Waals surface area contributed by atoms with E-state index in [1.807, 2.05) is 41.0 Å². The van der Waals surface area contributed by atoms with E-state index in [1.54, 1.807) is 17.5 Å². The summed E-state index contributed by atoms with van der Waals surface area (Å²) in [4.78, 5) is 9.89. The van der Waals surface area contributed by atoms with Gasteiger partial charge in [0.2, 0.25) is 0 Å². The fraction of sp³-hybridized carbons (Fsp3) is 0.118. The molecule has 4 aromatic heterocycles. The molecule has 0 aliphatic carbocycles. The lowest BCUT2D eigenvalue weighted by atomic mass is 10.1. The summed E-state index contributed by atoms with van der Waals surface area (Å²) in [6.07, 6.45) is 3.59. The van der Waals surface area contributed by atoms with E-state index in [9.17, 15) is 0 Å². The largest absolute Gasteiger partial charge is 0.318 e. The Hall–Kier alpha value is -2.57. The predicted molar refractivity (Wildman–Crippen MR) is 91.3 cm³/mol. The number of nitrogens with two attached hydrogens (primary N) is 1. The molecule has 0 fully saturated rings. The first kappa shape index (κ1) is 14.0. The van der Waals surface area contributed by atoms with Crippen LogP contribution >= 0.6 is 11.3 Å². The average molecular weight is 321 g/mol. The lowest BCUT2D eigenvalue weighted by molar-refractivity contribution is 0.750. The molecule has 23 heavy (non-hydrogen) atoms. The number of fused-ring (bicyclic) bond motifs is 1. The zero-order chi connectivity index (χ0) is 15.8. The summed E-state index contributed by atoms with van der Waals surface area (Å²) in [7, 11) is 0. The number of aryl methyl sites for hydroxylation is 1. The standard InChI is InChI=1S/C17H15N5S/c1-11-8-15(23-10-11)14-9-20-16-6-5-13(21-22(14)16)17(18)12-4-2-3-7-19-12/h2-10,17H,18H2,1H3. The van der Waals surface area contributed by atoms with E-state index in [2.05, 4.69) is 28.3 Å². The van der Waals surface area contributed by atoms with Crippen molar-refractivity contribution in [2.45, 2.75) is 13.0 Å². The lowest BCUT2D eigenvalue weighted by Crippen LogP contribution is -2.16. The summed E-state index contributed by atoms with van der Waals surface area (Å²) in [5.41, 5.74) is 10.9. The highest BCUT2D eigenvalue weighted by Gasteiger charge is 2.15. The van der Waals surface area contributed by atoms with Gasteiger partial charge in [0.15, 0.2) is 5.65 Å². The molecule has 4 aromatic rings. The highest BCUT2D eigenvalue weighted by molar-refractivity contribution is 7.13. The minimum Gasteiger partial charge on any atom is -0.318 e. The fourth-order valence-electron chi connectivity index (χ4n) is 2.50. The zero-order valence-corrected chi connectivity index (χ0v) is 13.4. The Morgan fingerprint density at radius 3 is 2.78 bits per heavy atom. The summed E-state index contributed by atoms with van der Waals surface area (Å²) in [5.74, 6) is 0. The average Bonchev–Trinajstić information content (AvgIpc) is 3.20. The smallest absolute Gasteiger partial charge is 0.154 e. The molecule has 0 spiro atoms. The van der Waals surface area contributed by atoms with Crippen molar-refractivity contribution in [3.05, 3.63) is 71.1 Å². The number of pyridine rings is 1. The van der Waals surface area contributed by atoms with Crippen LogP contribution in [0.3, 0.4) is 0 Å². The molecule has 2 N–H and O–H groups in total. The second-order valence-electron chi connectivity index (χ2n) is 5.39. The minimum atomic E-state index is -0.360. The van der Waals surface area contributed by atoms with Crippen LogP contribution in [0.5, 0.6) is 0 Å². The summed E-state index contributed by atoms with van der Waals surface area (Å²) >= 11 is 1.69. The maximum absolute atomic E-state index is 6.31. The molecule has 114 valence electrons. The monoisotopic (exact) mass is 321 g/mol. The van der Waals surface area contributed by atoms with Crippen molar-refractivity contribution < 1.29 is 0 Å². The van der Waals surface area contributed by atoms with Gasteiger partial charge in [-0.25, -0.2) is 9.50 Å². The Bertz CT molecular complexity index is 957. The maximum Gasteiger partial charge on any atom is 0.154 e. The number of nitrogens with zero attached hydrogens (tertiary/aromatic N) is 4. The minimum absolute atomic E-state index is 0.360. The molecule has 1 unspecified atom stereocenters. The van der Waals surface area contributed by atoms with Gasteiger partial charge in [0.25, 0.3) is 0 Å². The van der Waals surface area contributed by atoms with E-state index in [1.165, 1.54) is 5.56 Å². The molecule has 0 radical (unpaired) electrons. The first-order chi connectivity index (χ1) is 11.2. The quantitative estimate of drug-likeness (QED) is 0.629. The van der Waals surface area contributed by atoms with E-state index in [0.29, 0.717) is 0 Å². The summed E-state index contributed by atoms with van der Waals surface area (Å²) in [5, 5.41) is 6.82. The van der Waals surface area contributed by atoms with Crippen molar-refractivity contribution in [3.63, 3.8) is 0 Å². The van der Waals surface area contributed by atoms with Crippen molar-refractivity contribution in [1.82, 2.24) is 19.6 Å². The van der Waals surface area contributed by atoms with Gasteiger partial charge in [0, 0.05) is 6.20 Å². The Kier molecular flexibility index (Phi) is 3.40. The zero-order valence-electron chi connectivity index (χ0n) is 12.5. The fourth-order valence-corrected chi connectivity index (χ4v) is 3.39. The molecule has 0 aromatic carbocycles. The van der Waals surface area contributed by atoms with Crippen molar-refractivity contribution >= 4 is 17.0 Å². The summed E-state index contributed by atoms with van der Waals surface area (Å²) < 4.78 is 1.85. The Morgan fingerprint density at radius 2 is 2.04 bits per heavy atom. The molecule has 0 aliphatic heterocycles. The topological polar surface area (TPSA) is 69.1 Å². The van der Waals surface area contributed by atoms with Gasteiger partial charge >= 0.3 is 0 Å². The van der Waals surface area contributed by atoms with Crippen molar-refractivity contribution in [3.8, 4) is 10.6 Å². The molecule has 4 rings (SSSR count). The first-order valence-corrected chi connectivity index (χ1v) is 8.17. The van der Waals surface area contributed by atoms with Crippen LogP contribution in [0, 0.1) is 6.92 Å². The molecular formula is C17H15N5S. The number of thiophene rings is 1. The molecule has 6 heteroatoms. The number of hydrogen-bond acceptors (Lipinski definition) is 5. The van der Waals surface area contributed by atoms with Crippen molar-refractivity contribution in [1.29, 1.82) is 0 Å². The van der Waals surface area contributed by atoms with E-state index in [-0.39, 0.29) is 6.04 Å². The molecule has 4 heterocycles. The van der Waals surface area contributed by atoms with Gasteiger partial charge in [-0.1, -0.05) is 6.07 Å². The van der Waals surface area contributed by atoms with Gasteiger partial charge < -0.3 is 5.73 Å². The molecule has 0 amide bonds. The SMILES string of the molecule is Cc1csc(-c2cnc3ccc(C(N)c4ccccn4)nn23)c1. The third-order valence-electron chi connectivity index (χ3n) is 3.69. The Morgan fingerprint density at radius 1 is 1.13 bits per heavy atom. The maximum atomic E-state index is 6.31. The molecule has 0 saturated carbocycles. The number of aromatic nitrogens is 4. The predicted octanol–water partition coefficient (Wildman–Crippen LogP) is 3.21. The highest BCUT2D eigenvalue weighted by atomic mass is 32.1. The van der Waals surface area contributed by atoms with E-state index >= 15 is 0 Å². The van der Waals surface area contributed by atoms with Gasteiger partial charge in [-0.15, -0.1) is 11.3 Å². The van der Waals surface area contributed by atoms with Crippen LogP contribution in [-0.2, 0) is 0 Å². The normalized spacial score (nSPS) is 12.6. The van der Waals surface area contributed by atoms with Crippen LogP contribution in [0.15, 0.2) is 54.2 Å². The summed E-state index contributed by atoms with van der Waals surface area (Å²) in [6.45, 7) is 2.08. The third kappa shape index (κ3) is 2.52. The van der Waals surface area contributed by atoms with Crippen LogP contribution in [0.25, 0.3) is 16.2 Å². The Balaban J connectivity index is 1.81. The second-order valence-corrected chi connectivity index (χ2v) is 6.30. The summed E-state index contributed by atoms with van der Waals surface area (Å²) in [6, 6.07) is 11.3. The first-order valence-electron chi connectivity index (χ1n) is 7.29. The van der Waals surface area contributed by atoms with Crippen LogP contribution in [0.2, 0.25) is 0 Å². The molecular weight excluding hydrogens is 306 g/mol. The molecule has 0 aliphatic rings. The second kappa shape index (κ2) is 5.57. The van der Waals surface area contributed by atoms with Gasteiger partial charge in [-0.05, 0) is 48.2 Å². The van der Waals surface area contributed by atoms with Gasteiger partial charge in [-0.3, -0.25) is 4.98 Å².